The van der Waals surface area contributed by atoms with E-state index in [1.165, 1.54) is 18.1 Å². The lowest BCUT2D eigenvalue weighted by atomic mass is 10.4. The van der Waals surface area contributed by atoms with E-state index < -0.39 is 8.38 Å². The van der Waals surface area contributed by atoms with Crippen molar-refractivity contribution >= 4 is 37.2 Å². The molecule has 0 aliphatic heterocycles. The Balaban J connectivity index is 2.19. The van der Waals surface area contributed by atoms with Gasteiger partial charge in [-0.1, -0.05) is 6.92 Å². The number of imidazole rings is 1. The van der Waals surface area contributed by atoms with E-state index in [1.807, 2.05) is 6.92 Å². The van der Waals surface area contributed by atoms with Crippen LogP contribution in [0.2, 0.25) is 0 Å². The Morgan fingerprint density at radius 1 is 1.63 bits per heavy atom. The number of rotatable bonds is 5. The van der Waals surface area contributed by atoms with E-state index in [0.717, 1.165) is 0 Å². The Bertz CT molecular complexity index is 628. The summed E-state index contributed by atoms with van der Waals surface area (Å²) in [7, 11) is -1.89. The topological polar surface area (TPSA) is 130 Å². The quantitative estimate of drug-likeness (QED) is 0.575. The van der Waals surface area contributed by atoms with Crippen molar-refractivity contribution in [2.45, 2.75) is 18.7 Å². The van der Waals surface area contributed by atoms with Crippen molar-refractivity contribution in [1.29, 1.82) is 0 Å². The van der Waals surface area contributed by atoms with Gasteiger partial charge in [0.05, 0.1) is 11.8 Å². The Hall–Kier alpha value is -1.15. The highest BCUT2D eigenvalue weighted by Gasteiger charge is 2.12. The van der Waals surface area contributed by atoms with Gasteiger partial charge in [0.15, 0.2) is 19.5 Å². The number of hydrogen-bond acceptors (Lipinski definition) is 7. The van der Waals surface area contributed by atoms with Gasteiger partial charge < -0.3 is 20.1 Å². The minimum absolute atomic E-state index is 0.0498. The molecule has 5 N–H and O–H groups in total. The molecule has 0 aliphatic rings. The molecule has 104 valence electrons. The molecule has 0 fully saturated rings. The Kier molecular flexibility index (Phi) is 4.41. The number of thioether (sulfide) groups is 1. The number of aromatic amines is 1. The van der Waals surface area contributed by atoms with Gasteiger partial charge in [-0.25, -0.2) is 4.98 Å². The van der Waals surface area contributed by atoms with E-state index in [-0.39, 0.29) is 22.3 Å². The minimum atomic E-state index is -1.89. The first-order valence-corrected chi connectivity index (χ1v) is 7.93. The lowest BCUT2D eigenvalue weighted by molar-refractivity contribution is 0.489. The zero-order valence-corrected chi connectivity index (χ0v) is 11.9. The number of hydrogen-bond donors (Lipinski definition) is 4. The van der Waals surface area contributed by atoms with E-state index in [9.17, 15) is 4.79 Å². The van der Waals surface area contributed by atoms with Crippen LogP contribution in [0.15, 0.2) is 11.1 Å². The van der Waals surface area contributed by atoms with E-state index in [4.69, 9.17) is 15.5 Å². The fourth-order valence-electron chi connectivity index (χ4n) is 1.63. The van der Waals surface area contributed by atoms with Gasteiger partial charge in [-0.15, -0.1) is 11.8 Å². The number of nitrogens with zero attached hydrogens (tertiary/aromatic N) is 3. The molecule has 0 saturated carbocycles. The lowest BCUT2D eigenvalue weighted by Gasteiger charge is -2.12. The lowest BCUT2D eigenvalue weighted by Crippen LogP contribution is -2.14. The summed E-state index contributed by atoms with van der Waals surface area (Å²) in [4.78, 5) is 39.8. The van der Waals surface area contributed by atoms with Crippen LogP contribution in [0.4, 0.5) is 5.95 Å². The Morgan fingerprint density at radius 2 is 2.37 bits per heavy atom. The molecule has 2 heterocycles. The molecule has 0 amide bonds. The summed E-state index contributed by atoms with van der Waals surface area (Å²) in [5.41, 5.74) is 6.11. The second kappa shape index (κ2) is 5.87. The molecule has 0 aliphatic carbocycles. The van der Waals surface area contributed by atoms with Crippen molar-refractivity contribution in [3.63, 3.8) is 0 Å². The number of nitrogens with two attached hydrogens (primary N) is 1. The summed E-state index contributed by atoms with van der Waals surface area (Å²) in [5.74, 6) is 0.0498. The summed E-state index contributed by atoms with van der Waals surface area (Å²) in [6.07, 6.45) is 1.53. The molecule has 0 aromatic carbocycles. The zero-order chi connectivity index (χ0) is 14.0. The number of nitrogens with one attached hydrogen (secondary N) is 1. The van der Waals surface area contributed by atoms with Crippen LogP contribution in [-0.2, 0) is 6.54 Å². The standard InChI is InChI=1S/C9H14N5O3PS/c1-5(19-4-18(16)17)2-14-3-11-6-7(14)12-9(10)13-8(6)15/h3,5,16-17H,2,4H2,1H3,(H3,10,12,13,15). The van der Waals surface area contributed by atoms with E-state index in [0.29, 0.717) is 17.7 Å². The first-order valence-electron chi connectivity index (χ1n) is 5.45. The van der Waals surface area contributed by atoms with Gasteiger partial charge in [-0.2, -0.15) is 4.98 Å². The number of aromatic nitrogens is 4. The van der Waals surface area contributed by atoms with Crippen LogP contribution < -0.4 is 11.3 Å². The van der Waals surface area contributed by atoms with Crippen LogP contribution in [0, 0.1) is 0 Å². The number of anilines is 1. The van der Waals surface area contributed by atoms with Gasteiger partial charge in [0.25, 0.3) is 5.56 Å². The predicted molar refractivity (Wildman–Crippen MR) is 75.8 cm³/mol. The van der Waals surface area contributed by atoms with Crippen molar-refractivity contribution in [3.05, 3.63) is 16.7 Å². The Labute approximate surface area is 114 Å². The summed E-state index contributed by atoms with van der Waals surface area (Å²) in [5, 5.41) is 0.129. The van der Waals surface area contributed by atoms with Crippen LogP contribution >= 0.6 is 20.1 Å². The molecule has 8 nitrogen and oxygen atoms in total. The zero-order valence-electron chi connectivity index (χ0n) is 10.1. The maximum absolute atomic E-state index is 11.6. The molecular weight excluding hydrogens is 289 g/mol. The van der Waals surface area contributed by atoms with Gasteiger partial charge >= 0.3 is 0 Å². The molecule has 1 atom stereocenters. The maximum Gasteiger partial charge on any atom is 0.280 e. The van der Waals surface area contributed by atoms with Crippen LogP contribution in [0.1, 0.15) is 6.92 Å². The first kappa shape index (κ1) is 14.3. The highest BCUT2D eigenvalue weighted by molar-refractivity contribution is 8.04. The fourth-order valence-corrected chi connectivity index (χ4v) is 3.45. The van der Waals surface area contributed by atoms with Gasteiger partial charge in [0.1, 0.15) is 0 Å². The van der Waals surface area contributed by atoms with Gasteiger partial charge in [0, 0.05) is 11.8 Å². The highest BCUT2D eigenvalue weighted by Crippen LogP contribution is 2.31. The summed E-state index contributed by atoms with van der Waals surface area (Å²) >= 11 is 1.43. The third kappa shape index (κ3) is 3.44. The summed E-state index contributed by atoms with van der Waals surface area (Å²) in [6.45, 7) is 2.51. The number of nitrogen functional groups attached to an aromatic ring is 1. The second-order valence-electron chi connectivity index (χ2n) is 4.00. The predicted octanol–water partition coefficient (Wildman–Crippen LogP) is 0.0775. The van der Waals surface area contributed by atoms with Crippen LogP contribution in [0.5, 0.6) is 0 Å². The monoisotopic (exact) mass is 303 g/mol. The van der Waals surface area contributed by atoms with Crippen LogP contribution in [-0.4, -0.2) is 40.0 Å². The molecule has 1 unspecified atom stereocenters. The normalized spacial score (nSPS) is 13.3. The molecule has 10 heteroatoms. The molecule has 2 rings (SSSR count). The van der Waals surface area contributed by atoms with Crippen LogP contribution in [0.3, 0.4) is 0 Å². The van der Waals surface area contributed by atoms with E-state index in [2.05, 4.69) is 15.0 Å². The van der Waals surface area contributed by atoms with Gasteiger partial charge in [-0.05, 0) is 0 Å². The summed E-state index contributed by atoms with van der Waals surface area (Å²) in [6, 6.07) is 0. The first-order chi connectivity index (χ1) is 8.97. The van der Waals surface area contributed by atoms with Crippen molar-refractivity contribution in [3.8, 4) is 0 Å². The molecule has 0 radical (unpaired) electrons. The summed E-state index contributed by atoms with van der Waals surface area (Å²) < 4.78 is 1.73. The average molecular weight is 303 g/mol. The largest absolute Gasteiger partial charge is 0.369 e. The smallest absolute Gasteiger partial charge is 0.280 e. The Morgan fingerprint density at radius 3 is 3.05 bits per heavy atom. The third-order valence-electron chi connectivity index (χ3n) is 2.42. The van der Waals surface area contributed by atoms with Crippen molar-refractivity contribution in [1.82, 2.24) is 19.5 Å². The second-order valence-corrected chi connectivity index (χ2v) is 6.91. The number of fused-ring (bicyclic) bond motifs is 1. The fraction of sp³-hybridized carbons (Fsp3) is 0.444. The van der Waals surface area contributed by atoms with Crippen molar-refractivity contribution < 1.29 is 9.79 Å². The average Bonchev–Trinajstić information content (AvgIpc) is 2.70. The van der Waals surface area contributed by atoms with E-state index >= 15 is 0 Å². The van der Waals surface area contributed by atoms with Gasteiger partial charge in [-0.3, -0.25) is 9.78 Å². The molecule has 19 heavy (non-hydrogen) atoms. The van der Waals surface area contributed by atoms with Gasteiger partial charge in [0.2, 0.25) is 5.95 Å². The minimum Gasteiger partial charge on any atom is -0.369 e. The third-order valence-corrected chi connectivity index (χ3v) is 4.66. The maximum atomic E-state index is 11.6. The molecule has 0 spiro atoms. The highest BCUT2D eigenvalue weighted by atomic mass is 32.2. The molecular formula is C9H14N5O3PS. The molecule has 2 aromatic rings. The molecule has 2 aromatic heterocycles. The van der Waals surface area contributed by atoms with E-state index in [1.54, 1.807) is 4.57 Å². The SMILES string of the molecule is CC(Cn1cnc2c(=O)[nH]c(N)nc21)SCP(O)O. The van der Waals surface area contributed by atoms with Crippen molar-refractivity contribution in [2.24, 2.45) is 0 Å². The van der Waals surface area contributed by atoms with Crippen molar-refractivity contribution in [2.75, 3.05) is 11.2 Å². The van der Waals surface area contributed by atoms with Crippen LogP contribution in [0.25, 0.3) is 11.2 Å². The molecule has 0 bridgehead atoms. The molecule has 0 saturated heterocycles. The number of H-pyrrole nitrogens is 1.